The van der Waals surface area contributed by atoms with Gasteiger partial charge >= 0.3 is 0 Å². The summed E-state index contributed by atoms with van der Waals surface area (Å²) in [6, 6.07) is 3.10. The molecule has 1 aromatic heterocycles. The molecule has 2 saturated carbocycles. The van der Waals surface area contributed by atoms with Crippen LogP contribution in [0.5, 0.6) is 5.88 Å². The molecular weight excluding hydrogens is 353 g/mol. The Morgan fingerprint density at radius 3 is 2.59 bits per heavy atom. The summed E-state index contributed by atoms with van der Waals surface area (Å²) in [5, 5.41) is 2.79. The molecule has 3 fully saturated rings. The highest BCUT2D eigenvalue weighted by molar-refractivity contribution is 5.93. The molecule has 2 aliphatic carbocycles. The monoisotopic (exact) mass is 377 g/mol. The number of alkyl halides is 1. The molecule has 27 heavy (non-hydrogen) atoms. The van der Waals surface area contributed by atoms with Gasteiger partial charge in [-0.15, -0.1) is 0 Å². The summed E-state index contributed by atoms with van der Waals surface area (Å²) in [6.07, 6.45) is 3.92. The quantitative estimate of drug-likeness (QED) is 0.716. The molecular formula is C19H24FN3O4. The van der Waals surface area contributed by atoms with E-state index in [-0.39, 0.29) is 31.2 Å². The first kappa shape index (κ1) is 18.2. The van der Waals surface area contributed by atoms with Gasteiger partial charge in [-0.25, -0.2) is 9.37 Å². The molecule has 146 valence electrons. The van der Waals surface area contributed by atoms with Crippen molar-refractivity contribution in [1.29, 1.82) is 0 Å². The number of pyridine rings is 1. The van der Waals surface area contributed by atoms with Gasteiger partial charge < -0.3 is 20.5 Å². The van der Waals surface area contributed by atoms with Crippen molar-refractivity contribution in [3.63, 3.8) is 0 Å². The van der Waals surface area contributed by atoms with Crippen LogP contribution >= 0.6 is 0 Å². The van der Waals surface area contributed by atoms with E-state index < -0.39 is 23.0 Å². The summed E-state index contributed by atoms with van der Waals surface area (Å²) in [7, 11) is 0. The van der Waals surface area contributed by atoms with Gasteiger partial charge in [-0.2, -0.15) is 0 Å². The summed E-state index contributed by atoms with van der Waals surface area (Å²) >= 11 is 0. The second-order valence-corrected chi connectivity index (χ2v) is 7.99. The molecule has 1 aromatic rings. The van der Waals surface area contributed by atoms with Gasteiger partial charge in [0.1, 0.15) is 11.4 Å². The fraction of sp³-hybridized carbons (Fsp3) is 0.632. The molecule has 0 radical (unpaired) electrons. The second-order valence-electron chi connectivity index (χ2n) is 7.99. The van der Waals surface area contributed by atoms with E-state index in [2.05, 4.69) is 10.3 Å². The Labute approximate surface area is 156 Å². The van der Waals surface area contributed by atoms with E-state index in [9.17, 15) is 14.0 Å². The fourth-order valence-electron chi connectivity index (χ4n) is 3.46. The van der Waals surface area contributed by atoms with Crippen LogP contribution in [0.1, 0.15) is 54.6 Å². The average Bonchev–Trinajstić information content (AvgIpc) is 3.39. The maximum atomic E-state index is 15.0. The number of nitrogens with one attached hydrogen (secondary N) is 1. The maximum Gasteiger partial charge on any atom is 0.270 e. The summed E-state index contributed by atoms with van der Waals surface area (Å²) in [5.41, 5.74) is 3.60. The van der Waals surface area contributed by atoms with E-state index in [0.717, 1.165) is 19.3 Å². The number of amides is 2. The molecule has 1 saturated heterocycles. The third-order valence-electron chi connectivity index (χ3n) is 5.52. The van der Waals surface area contributed by atoms with Crippen molar-refractivity contribution in [2.45, 2.75) is 49.7 Å². The van der Waals surface area contributed by atoms with Crippen LogP contribution in [0, 0.1) is 5.92 Å². The van der Waals surface area contributed by atoms with Crippen molar-refractivity contribution in [2.24, 2.45) is 11.7 Å². The highest BCUT2D eigenvalue weighted by Gasteiger charge is 2.44. The van der Waals surface area contributed by atoms with Crippen molar-refractivity contribution < 1.29 is 23.5 Å². The van der Waals surface area contributed by atoms with E-state index in [1.165, 1.54) is 6.07 Å². The van der Waals surface area contributed by atoms with Gasteiger partial charge in [0.15, 0.2) is 0 Å². The lowest BCUT2D eigenvalue weighted by Gasteiger charge is -2.41. The lowest BCUT2D eigenvalue weighted by Crippen LogP contribution is -2.63. The molecule has 1 aliphatic heterocycles. The average molecular weight is 377 g/mol. The number of halogens is 1. The molecule has 3 aliphatic rings. The number of nitrogens with two attached hydrogens (primary N) is 1. The van der Waals surface area contributed by atoms with Crippen LogP contribution in [0.3, 0.4) is 0 Å². The smallest absolute Gasteiger partial charge is 0.270 e. The molecule has 0 aromatic carbocycles. The normalized spacial score (nSPS) is 22.3. The molecule has 7 nitrogen and oxygen atoms in total. The van der Waals surface area contributed by atoms with Crippen LogP contribution in [-0.4, -0.2) is 42.2 Å². The van der Waals surface area contributed by atoms with Crippen LogP contribution in [0.25, 0.3) is 0 Å². The van der Waals surface area contributed by atoms with Crippen molar-refractivity contribution in [3.05, 3.63) is 23.4 Å². The third-order valence-corrected chi connectivity index (χ3v) is 5.52. The Kier molecular flexibility index (Phi) is 4.53. The number of carbonyl (C=O) groups excluding carboxylic acids is 2. The predicted octanol–water partition coefficient (Wildman–Crippen LogP) is 1.59. The number of hydrogen-bond acceptors (Lipinski definition) is 5. The summed E-state index contributed by atoms with van der Waals surface area (Å²) < 4.78 is 25.9. The largest absolute Gasteiger partial charge is 0.477 e. The Hall–Kier alpha value is -2.22. The van der Waals surface area contributed by atoms with Crippen LogP contribution in [0.2, 0.25) is 0 Å². The number of nitrogens with zero attached hydrogens (tertiary/aromatic N) is 1. The molecule has 0 atom stereocenters. The van der Waals surface area contributed by atoms with Gasteiger partial charge in [0, 0.05) is 0 Å². The highest BCUT2D eigenvalue weighted by atomic mass is 19.1. The molecule has 0 unspecified atom stereocenters. The molecule has 8 heteroatoms. The summed E-state index contributed by atoms with van der Waals surface area (Å²) in [6.45, 7) is 0.928. The number of carbonyl (C=O) groups is 2. The third kappa shape index (κ3) is 3.76. The van der Waals surface area contributed by atoms with Gasteiger partial charge in [-0.05, 0) is 50.2 Å². The van der Waals surface area contributed by atoms with Gasteiger partial charge in [-0.1, -0.05) is 0 Å². The minimum Gasteiger partial charge on any atom is -0.477 e. The van der Waals surface area contributed by atoms with E-state index in [1.807, 2.05) is 0 Å². The van der Waals surface area contributed by atoms with E-state index >= 15 is 0 Å². The lowest BCUT2D eigenvalue weighted by atomic mass is 9.77. The first-order chi connectivity index (χ1) is 12.9. The first-order valence-electron chi connectivity index (χ1n) is 9.41. The van der Waals surface area contributed by atoms with Crippen molar-refractivity contribution in [3.8, 4) is 5.88 Å². The summed E-state index contributed by atoms with van der Waals surface area (Å²) in [5.74, 6) is -0.283. The zero-order chi connectivity index (χ0) is 19.1. The molecule has 0 spiro atoms. The SMILES string of the molecule is NC(=O)CC1(NC(=O)c2ccc(C3(F)CCC3)c(OCC3CC3)n2)COC1. The molecule has 2 heterocycles. The first-order valence-corrected chi connectivity index (χ1v) is 9.41. The number of aromatic nitrogens is 1. The molecule has 4 rings (SSSR count). The number of primary amides is 1. The second kappa shape index (κ2) is 6.74. The number of hydrogen-bond donors (Lipinski definition) is 2. The van der Waals surface area contributed by atoms with Crippen LogP contribution in [-0.2, 0) is 15.2 Å². The van der Waals surface area contributed by atoms with Gasteiger partial charge in [0.05, 0.1) is 37.3 Å². The predicted molar refractivity (Wildman–Crippen MR) is 93.9 cm³/mol. The number of rotatable bonds is 8. The molecule has 0 bridgehead atoms. The molecule has 3 N–H and O–H groups in total. The van der Waals surface area contributed by atoms with E-state index in [1.54, 1.807) is 6.07 Å². The fourth-order valence-corrected chi connectivity index (χ4v) is 3.46. The topological polar surface area (TPSA) is 104 Å². The molecule has 2 amide bonds. The number of ether oxygens (including phenoxy) is 2. The highest BCUT2D eigenvalue weighted by Crippen LogP contribution is 2.48. The van der Waals surface area contributed by atoms with Crippen molar-refractivity contribution in [2.75, 3.05) is 19.8 Å². The van der Waals surface area contributed by atoms with Crippen LogP contribution in [0.4, 0.5) is 4.39 Å². The Balaban J connectivity index is 1.53. The standard InChI is InChI=1S/C19H24FN3O4/c20-19(6-1-7-19)13-4-5-14(22-17(13)27-9-12-2-3-12)16(25)23-18(8-15(21)24)10-26-11-18/h4-5,12H,1-3,6-11H2,(H2,21,24)(H,23,25). The van der Waals surface area contributed by atoms with E-state index in [4.69, 9.17) is 15.2 Å². The zero-order valence-electron chi connectivity index (χ0n) is 15.1. The minimum atomic E-state index is -1.42. The van der Waals surface area contributed by atoms with Crippen LogP contribution < -0.4 is 15.8 Å². The van der Waals surface area contributed by atoms with Crippen LogP contribution in [0.15, 0.2) is 12.1 Å². The van der Waals surface area contributed by atoms with Crippen molar-refractivity contribution in [1.82, 2.24) is 10.3 Å². The summed E-state index contributed by atoms with van der Waals surface area (Å²) in [4.78, 5) is 28.2. The zero-order valence-corrected chi connectivity index (χ0v) is 15.1. The van der Waals surface area contributed by atoms with Gasteiger partial charge in [-0.3, -0.25) is 9.59 Å². The maximum absolute atomic E-state index is 15.0. The Bertz CT molecular complexity index is 757. The Morgan fingerprint density at radius 2 is 2.07 bits per heavy atom. The Morgan fingerprint density at radius 1 is 1.33 bits per heavy atom. The van der Waals surface area contributed by atoms with Crippen molar-refractivity contribution >= 4 is 11.8 Å². The van der Waals surface area contributed by atoms with Gasteiger partial charge in [0.25, 0.3) is 5.91 Å². The van der Waals surface area contributed by atoms with Gasteiger partial charge in [0.2, 0.25) is 11.8 Å². The van der Waals surface area contributed by atoms with E-state index in [0.29, 0.717) is 30.9 Å². The lowest BCUT2D eigenvalue weighted by molar-refractivity contribution is -0.127. The minimum absolute atomic E-state index is 0.00451.